The fourth-order valence-corrected chi connectivity index (χ4v) is 0.326. The number of hydrogen-bond acceptors (Lipinski definition) is 5. The Bertz CT molecular complexity index is 160. The van der Waals surface area contributed by atoms with Gasteiger partial charge in [-0.2, -0.15) is 0 Å². The molecule has 0 aliphatic heterocycles. The van der Waals surface area contributed by atoms with E-state index in [9.17, 15) is 4.79 Å². The maximum atomic E-state index is 10.4. The van der Waals surface area contributed by atoms with E-state index in [1.807, 2.05) is 0 Å². The minimum Gasteiger partial charge on any atom is -0.462 e. The molecule has 1 amide bonds. The monoisotopic (exact) mass is 209 g/mol. The van der Waals surface area contributed by atoms with Crippen LogP contribution in [0, 0.1) is 0 Å². The van der Waals surface area contributed by atoms with Gasteiger partial charge in [0.1, 0.15) is 0 Å². The molecule has 0 aliphatic rings. The first-order chi connectivity index (χ1) is 6.43. The summed E-state index contributed by atoms with van der Waals surface area (Å²) < 4.78 is 0. The number of hydrogen-bond donors (Lipinski definition) is 1. The van der Waals surface area contributed by atoms with Gasteiger partial charge in [0.05, 0.1) is 12.2 Å². The van der Waals surface area contributed by atoms with Crippen LogP contribution in [0.2, 0.25) is 0 Å². The minimum absolute atomic E-state index is 0.0833. The van der Waals surface area contributed by atoms with Crippen LogP contribution < -0.4 is 0 Å². The van der Waals surface area contributed by atoms with Gasteiger partial charge >= 0.3 is 6.09 Å². The molecule has 0 bridgehead atoms. The molecule has 0 fully saturated rings. The van der Waals surface area contributed by atoms with Gasteiger partial charge in [-0.25, -0.2) is 14.6 Å². The van der Waals surface area contributed by atoms with Gasteiger partial charge in [-0.1, -0.05) is 9.98 Å². The molecule has 0 aromatic heterocycles. The first-order valence-corrected chi connectivity index (χ1v) is 4.13. The summed E-state index contributed by atoms with van der Waals surface area (Å²) in [5.74, 6) is 0. The molecule has 0 aromatic carbocycles. The molecule has 0 rings (SSSR count). The van der Waals surface area contributed by atoms with Crippen LogP contribution in [0.3, 0.4) is 0 Å². The Labute approximate surface area is 81.9 Å². The van der Waals surface area contributed by atoms with E-state index < -0.39 is 6.09 Å². The highest BCUT2D eigenvalue weighted by Gasteiger charge is 2.18. The third-order valence-corrected chi connectivity index (χ3v) is 0.763. The Kier molecular flexibility index (Phi) is 6.13. The number of rotatable bonds is 6. The number of carbonyl (C=O) groups is 1. The third kappa shape index (κ3) is 6.61. The Morgan fingerprint density at radius 2 is 1.43 bits per heavy atom. The lowest BCUT2D eigenvalue weighted by Gasteiger charge is -2.16. The van der Waals surface area contributed by atoms with Gasteiger partial charge in [-0.15, -0.1) is 0 Å². The first kappa shape index (κ1) is 13.1. The molecular weight excluding hydrogens is 194 g/mol. The van der Waals surface area contributed by atoms with Crippen LogP contribution in [0.25, 0.3) is 0 Å². The fourth-order valence-electron chi connectivity index (χ4n) is 0.326. The van der Waals surface area contributed by atoms with E-state index >= 15 is 0 Å². The van der Waals surface area contributed by atoms with Crippen molar-refractivity contribution in [2.24, 2.45) is 0 Å². The van der Waals surface area contributed by atoms with Crippen LogP contribution in [0.4, 0.5) is 4.79 Å². The normalized spacial score (nSPS) is 11.0. The molecular formula is C7H15NO6. The zero-order chi connectivity index (χ0) is 11.1. The highest BCUT2D eigenvalue weighted by Crippen LogP contribution is 2.00. The SMILES string of the molecule is CC(C)OON(OOC(C)C)C(=O)O. The first-order valence-electron chi connectivity index (χ1n) is 4.13. The molecule has 7 nitrogen and oxygen atoms in total. The third-order valence-electron chi connectivity index (χ3n) is 0.763. The van der Waals surface area contributed by atoms with Crippen LogP contribution in [-0.4, -0.2) is 28.6 Å². The minimum atomic E-state index is -1.48. The maximum absolute atomic E-state index is 10.4. The lowest BCUT2D eigenvalue weighted by atomic mass is 10.5. The van der Waals surface area contributed by atoms with Gasteiger partial charge in [0.15, 0.2) is 0 Å². The Balaban J connectivity index is 3.84. The summed E-state index contributed by atoms with van der Waals surface area (Å²) in [5, 5.41) is 8.60. The Morgan fingerprint density at radius 3 is 1.64 bits per heavy atom. The lowest BCUT2D eigenvalue weighted by molar-refractivity contribution is -0.590. The van der Waals surface area contributed by atoms with E-state index in [1.54, 1.807) is 27.7 Å². The van der Waals surface area contributed by atoms with Crippen molar-refractivity contribution in [2.45, 2.75) is 39.9 Å². The second kappa shape index (κ2) is 6.55. The molecule has 0 aromatic rings. The molecule has 0 unspecified atom stereocenters. The van der Waals surface area contributed by atoms with E-state index in [4.69, 9.17) is 5.11 Å². The van der Waals surface area contributed by atoms with E-state index in [2.05, 4.69) is 19.8 Å². The highest BCUT2D eigenvalue weighted by molar-refractivity contribution is 5.61. The van der Waals surface area contributed by atoms with Gasteiger partial charge in [0.25, 0.3) is 0 Å². The van der Waals surface area contributed by atoms with E-state index in [0.717, 1.165) is 0 Å². The number of hydroxylamine groups is 2. The average molecular weight is 209 g/mol. The largest absolute Gasteiger partial charge is 0.462 e. The molecule has 1 N–H and O–H groups in total. The zero-order valence-electron chi connectivity index (χ0n) is 8.59. The van der Waals surface area contributed by atoms with E-state index in [0.29, 0.717) is 0 Å². The van der Waals surface area contributed by atoms with Crippen molar-refractivity contribution in [1.82, 2.24) is 5.23 Å². The average Bonchev–Trinajstić information content (AvgIpc) is 2.02. The molecule has 0 saturated carbocycles. The van der Waals surface area contributed by atoms with Crippen molar-refractivity contribution < 1.29 is 29.7 Å². The number of nitrogens with zero attached hydrogens (tertiary/aromatic N) is 1. The van der Waals surface area contributed by atoms with Crippen molar-refractivity contribution >= 4 is 6.09 Å². The summed E-state index contributed by atoms with van der Waals surface area (Å²) in [4.78, 5) is 28.1. The highest BCUT2D eigenvalue weighted by atomic mass is 17.4. The lowest BCUT2D eigenvalue weighted by Crippen LogP contribution is -2.32. The summed E-state index contributed by atoms with van der Waals surface area (Å²) in [6.45, 7) is 6.68. The summed E-state index contributed by atoms with van der Waals surface area (Å²) in [7, 11) is 0. The van der Waals surface area contributed by atoms with Gasteiger partial charge in [-0.3, -0.25) is 0 Å². The molecule has 0 atom stereocenters. The summed E-state index contributed by atoms with van der Waals surface area (Å²) in [6, 6.07) is 0. The zero-order valence-corrected chi connectivity index (χ0v) is 8.59. The van der Waals surface area contributed by atoms with Crippen LogP contribution in [-0.2, 0) is 19.8 Å². The predicted molar refractivity (Wildman–Crippen MR) is 44.5 cm³/mol. The molecule has 0 heterocycles. The van der Waals surface area contributed by atoms with Crippen molar-refractivity contribution in [1.29, 1.82) is 0 Å². The van der Waals surface area contributed by atoms with Gasteiger partial charge < -0.3 is 5.11 Å². The van der Waals surface area contributed by atoms with E-state index in [-0.39, 0.29) is 17.4 Å². The summed E-state index contributed by atoms with van der Waals surface area (Å²) >= 11 is 0. The van der Waals surface area contributed by atoms with Crippen molar-refractivity contribution in [3.05, 3.63) is 0 Å². The van der Waals surface area contributed by atoms with Crippen molar-refractivity contribution in [2.75, 3.05) is 0 Å². The van der Waals surface area contributed by atoms with Crippen LogP contribution in [0.15, 0.2) is 0 Å². The quantitative estimate of drug-likeness (QED) is 0.527. The fraction of sp³-hybridized carbons (Fsp3) is 0.857. The van der Waals surface area contributed by atoms with Crippen molar-refractivity contribution in [3.8, 4) is 0 Å². The molecule has 7 heteroatoms. The molecule has 0 aliphatic carbocycles. The molecule has 0 spiro atoms. The number of amides is 1. The van der Waals surface area contributed by atoms with Crippen molar-refractivity contribution in [3.63, 3.8) is 0 Å². The maximum Gasteiger partial charge on any atom is 0.462 e. The molecule has 0 radical (unpaired) electrons. The second-order valence-electron chi connectivity index (χ2n) is 2.98. The molecule has 0 saturated heterocycles. The van der Waals surface area contributed by atoms with E-state index in [1.165, 1.54) is 0 Å². The molecule has 14 heavy (non-hydrogen) atoms. The van der Waals surface area contributed by atoms with Crippen LogP contribution in [0.1, 0.15) is 27.7 Å². The summed E-state index contributed by atoms with van der Waals surface area (Å²) in [5.41, 5.74) is 0. The van der Waals surface area contributed by atoms with Gasteiger partial charge in [0.2, 0.25) is 0 Å². The Hall–Kier alpha value is -0.890. The van der Waals surface area contributed by atoms with Crippen LogP contribution in [0.5, 0.6) is 0 Å². The van der Waals surface area contributed by atoms with Gasteiger partial charge in [-0.05, 0) is 27.7 Å². The van der Waals surface area contributed by atoms with Crippen LogP contribution >= 0.6 is 0 Å². The van der Waals surface area contributed by atoms with Gasteiger partial charge in [0, 0.05) is 5.23 Å². The summed E-state index contributed by atoms with van der Waals surface area (Å²) in [6.07, 6.45) is -2.06. The Morgan fingerprint density at radius 1 is 1.07 bits per heavy atom. The molecule has 84 valence electrons. The number of carboxylic acid groups (broad SMARTS) is 1. The topological polar surface area (TPSA) is 77.5 Å². The standard InChI is InChI=1S/C7H15NO6/c1-5(2)11-13-8(7(9)10)14-12-6(3)4/h5-6H,1-4H3,(H,9,10). The predicted octanol–water partition coefficient (Wildman–Crippen LogP) is 1.51. The smallest absolute Gasteiger partial charge is 0.462 e. The second-order valence-corrected chi connectivity index (χ2v) is 2.98.